The molecule has 1 amide bonds. The number of likely N-dealkylation sites (tertiary alicyclic amines) is 1. The average molecular weight is 425 g/mol. The van der Waals surface area contributed by atoms with Crippen LogP contribution in [0.2, 0.25) is 0 Å². The molecule has 28 heavy (non-hydrogen) atoms. The van der Waals surface area contributed by atoms with Crippen molar-refractivity contribution in [2.75, 3.05) is 19.7 Å². The Morgan fingerprint density at radius 3 is 2.64 bits per heavy atom. The molecule has 10 heteroatoms. The number of thiazole rings is 1. The van der Waals surface area contributed by atoms with Gasteiger partial charge in [-0.2, -0.15) is 0 Å². The number of hydrogen-bond acceptors (Lipinski definition) is 9. The first kappa shape index (κ1) is 20.8. The quantitative estimate of drug-likeness (QED) is 0.515. The third-order valence-electron chi connectivity index (χ3n) is 4.56. The molecule has 8 nitrogen and oxygen atoms in total. The maximum Gasteiger partial charge on any atom is 0.309 e. The van der Waals surface area contributed by atoms with Gasteiger partial charge in [-0.3, -0.25) is 9.59 Å². The fourth-order valence-electron chi connectivity index (χ4n) is 3.13. The van der Waals surface area contributed by atoms with Crippen LogP contribution in [0.15, 0.2) is 9.64 Å². The van der Waals surface area contributed by atoms with Crippen molar-refractivity contribution in [3.63, 3.8) is 0 Å². The summed E-state index contributed by atoms with van der Waals surface area (Å²) in [6.07, 6.45) is 1.27. The summed E-state index contributed by atoms with van der Waals surface area (Å²) in [7, 11) is 0. The normalized spacial score (nSPS) is 16.2. The van der Waals surface area contributed by atoms with E-state index >= 15 is 0 Å². The highest BCUT2D eigenvalue weighted by Crippen LogP contribution is 2.32. The molecule has 1 aliphatic heterocycles. The Morgan fingerprint density at radius 2 is 2.04 bits per heavy atom. The zero-order chi connectivity index (χ0) is 20.3. The predicted octanol–water partition coefficient (Wildman–Crippen LogP) is 3.09. The molecule has 0 bridgehead atoms. The van der Waals surface area contributed by atoms with Gasteiger partial charge in [0.25, 0.3) is 11.1 Å². The highest BCUT2D eigenvalue weighted by molar-refractivity contribution is 8.00. The van der Waals surface area contributed by atoms with Crippen LogP contribution in [0.1, 0.15) is 37.4 Å². The first-order valence-corrected chi connectivity index (χ1v) is 11.0. The van der Waals surface area contributed by atoms with Gasteiger partial charge in [-0.05, 0) is 40.5 Å². The number of aromatic nitrogens is 3. The van der Waals surface area contributed by atoms with Crippen LogP contribution in [0.25, 0.3) is 10.8 Å². The number of carbonyl (C=O) groups is 2. The van der Waals surface area contributed by atoms with E-state index in [0.717, 1.165) is 15.6 Å². The van der Waals surface area contributed by atoms with Crippen LogP contribution < -0.4 is 0 Å². The lowest BCUT2D eigenvalue weighted by Crippen LogP contribution is -2.43. The predicted molar refractivity (Wildman–Crippen MR) is 106 cm³/mol. The van der Waals surface area contributed by atoms with Crippen molar-refractivity contribution in [1.82, 2.24) is 20.1 Å². The summed E-state index contributed by atoms with van der Waals surface area (Å²) < 4.78 is 10.8. The summed E-state index contributed by atoms with van der Waals surface area (Å²) in [6, 6.07) is 0. The monoisotopic (exact) mass is 424 g/mol. The molecule has 0 radical (unpaired) electrons. The molecule has 3 rings (SSSR count). The number of aryl methyl sites for hydroxylation is 2. The van der Waals surface area contributed by atoms with Crippen LogP contribution in [-0.2, 0) is 14.3 Å². The molecule has 2 aromatic heterocycles. The van der Waals surface area contributed by atoms with Crippen LogP contribution in [0.3, 0.4) is 0 Å². The van der Waals surface area contributed by atoms with Crippen molar-refractivity contribution in [3.8, 4) is 10.8 Å². The molecule has 1 aliphatic rings. The Morgan fingerprint density at radius 1 is 1.32 bits per heavy atom. The number of ether oxygens (including phenoxy) is 1. The van der Waals surface area contributed by atoms with Crippen molar-refractivity contribution in [3.05, 3.63) is 10.7 Å². The van der Waals surface area contributed by atoms with Crippen molar-refractivity contribution in [2.45, 2.75) is 51.0 Å². The standard InChI is InChI=1S/C18H24N4O4S2/c1-5-25-17(24)13-6-8-22(9-7-13)16(23)11(3)27-18-21-20-15(26-18)14-10(2)19-12(4)28-14/h11,13H,5-9H2,1-4H3. The maximum absolute atomic E-state index is 12.7. The molecule has 1 unspecified atom stereocenters. The molecule has 0 spiro atoms. The van der Waals surface area contributed by atoms with E-state index in [9.17, 15) is 9.59 Å². The van der Waals surface area contributed by atoms with Gasteiger partial charge in [-0.25, -0.2) is 4.98 Å². The highest BCUT2D eigenvalue weighted by Gasteiger charge is 2.31. The van der Waals surface area contributed by atoms with Gasteiger partial charge in [0.1, 0.15) is 4.88 Å². The zero-order valence-electron chi connectivity index (χ0n) is 16.4. The Bertz CT molecular complexity index is 843. The summed E-state index contributed by atoms with van der Waals surface area (Å²) in [6.45, 7) is 8.97. The Kier molecular flexibility index (Phi) is 6.71. The van der Waals surface area contributed by atoms with Gasteiger partial charge in [-0.1, -0.05) is 11.8 Å². The highest BCUT2D eigenvalue weighted by atomic mass is 32.2. The molecule has 1 fully saturated rings. The summed E-state index contributed by atoms with van der Waals surface area (Å²) in [5.74, 6) is 0.165. The number of esters is 1. The number of piperidine rings is 1. The molecule has 0 aromatic carbocycles. The molecule has 3 heterocycles. The number of nitrogens with zero attached hydrogens (tertiary/aromatic N) is 4. The Hall–Kier alpha value is -1.94. The fourth-order valence-corrected chi connectivity index (χ4v) is 4.74. The minimum absolute atomic E-state index is 0.0110. The van der Waals surface area contributed by atoms with E-state index in [4.69, 9.17) is 9.15 Å². The molecular formula is C18H24N4O4S2. The fraction of sp³-hybridized carbons (Fsp3) is 0.611. The third-order valence-corrected chi connectivity index (χ3v) is 6.54. The molecule has 0 saturated carbocycles. The summed E-state index contributed by atoms with van der Waals surface area (Å²) in [4.78, 5) is 31.6. The van der Waals surface area contributed by atoms with Crippen LogP contribution in [0, 0.1) is 19.8 Å². The van der Waals surface area contributed by atoms with Crippen molar-refractivity contribution >= 4 is 35.0 Å². The van der Waals surface area contributed by atoms with Crippen LogP contribution in [-0.4, -0.2) is 56.9 Å². The van der Waals surface area contributed by atoms with Crippen molar-refractivity contribution in [2.24, 2.45) is 5.92 Å². The van der Waals surface area contributed by atoms with Gasteiger partial charge < -0.3 is 14.1 Å². The Labute approximate surface area is 172 Å². The number of amides is 1. The van der Waals surface area contributed by atoms with E-state index in [1.54, 1.807) is 11.8 Å². The molecule has 152 valence electrons. The van der Waals surface area contributed by atoms with Gasteiger partial charge in [-0.15, -0.1) is 21.5 Å². The number of hydrogen-bond donors (Lipinski definition) is 0. The number of carbonyl (C=O) groups excluding carboxylic acids is 2. The van der Waals surface area contributed by atoms with Gasteiger partial charge >= 0.3 is 5.97 Å². The second-order valence-electron chi connectivity index (χ2n) is 6.63. The smallest absolute Gasteiger partial charge is 0.309 e. The molecule has 0 N–H and O–H groups in total. The lowest BCUT2D eigenvalue weighted by atomic mass is 9.97. The Balaban J connectivity index is 1.55. The summed E-state index contributed by atoms with van der Waals surface area (Å²) in [5.41, 5.74) is 0.858. The SMILES string of the molecule is CCOC(=O)C1CCN(C(=O)C(C)Sc2nnc(-c3sc(C)nc3C)o2)CC1. The van der Waals surface area contributed by atoms with Crippen molar-refractivity contribution in [1.29, 1.82) is 0 Å². The summed E-state index contributed by atoms with van der Waals surface area (Å²) in [5, 5.41) is 9.10. The first-order chi connectivity index (χ1) is 13.4. The van der Waals surface area contributed by atoms with Gasteiger partial charge in [0, 0.05) is 13.1 Å². The van der Waals surface area contributed by atoms with E-state index in [1.165, 1.54) is 23.1 Å². The largest absolute Gasteiger partial charge is 0.466 e. The molecule has 2 aromatic rings. The topological polar surface area (TPSA) is 98.4 Å². The number of thioether (sulfide) groups is 1. The molecule has 1 saturated heterocycles. The van der Waals surface area contributed by atoms with E-state index in [0.29, 0.717) is 43.7 Å². The minimum atomic E-state index is -0.350. The molecular weight excluding hydrogens is 400 g/mol. The van der Waals surface area contributed by atoms with E-state index in [2.05, 4.69) is 15.2 Å². The molecule has 0 aliphatic carbocycles. The number of rotatable bonds is 6. The van der Waals surface area contributed by atoms with E-state index < -0.39 is 0 Å². The van der Waals surface area contributed by atoms with Crippen molar-refractivity contribution < 1.29 is 18.7 Å². The van der Waals surface area contributed by atoms with Crippen LogP contribution in [0.5, 0.6) is 0 Å². The average Bonchev–Trinajstić information content (AvgIpc) is 3.27. The first-order valence-electron chi connectivity index (χ1n) is 9.29. The second-order valence-corrected chi connectivity index (χ2v) is 9.13. The van der Waals surface area contributed by atoms with Crippen LogP contribution in [0.4, 0.5) is 0 Å². The van der Waals surface area contributed by atoms with Gasteiger partial charge in [0.15, 0.2) is 0 Å². The zero-order valence-corrected chi connectivity index (χ0v) is 18.1. The lowest BCUT2D eigenvalue weighted by Gasteiger charge is -2.32. The van der Waals surface area contributed by atoms with Gasteiger partial charge in [0.05, 0.1) is 28.5 Å². The molecule has 1 atom stereocenters. The third kappa shape index (κ3) is 4.72. The maximum atomic E-state index is 12.7. The minimum Gasteiger partial charge on any atom is -0.466 e. The second kappa shape index (κ2) is 9.04. The van der Waals surface area contributed by atoms with E-state index in [1.807, 2.05) is 20.8 Å². The summed E-state index contributed by atoms with van der Waals surface area (Å²) >= 11 is 2.75. The lowest BCUT2D eigenvalue weighted by molar-refractivity contribution is -0.151. The van der Waals surface area contributed by atoms with E-state index in [-0.39, 0.29) is 23.0 Å². The van der Waals surface area contributed by atoms with Crippen LogP contribution >= 0.6 is 23.1 Å². The van der Waals surface area contributed by atoms with Gasteiger partial charge in [0.2, 0.25) is 5.91 Å².